The number of nitrogens with one attached hydrogen (secondary N) is 1. The van der Waals surface area contributed by atoms with Gasteiger partial charge in [0.2, 0.25) is 0 Å². The van der Waals surface area contributed by atoms with Gasteiger partial charge in [0, 0.05) is 23.6 Å². The van der Waals surface area contributed by atoms with Crippen LogP contribution in [0.3, 0.4) is 0 Å². The first-order valence-electron chi connectivity index (χ1n) is 11.2. The minimum absolute atomic E-state index is 0.0343. The lowest BCUT2D eigenvalue weighted by molar-refractivity contribution is -0.139. The number of rotatable bonds is 7. The van der Waals surface area contributed by atoms with E-state index in [1.165, 1.54) is 12.4 Å². The maximum Gasteiger partial charge on any atom is 0.419 e. The Morgan fingerprint density at radius 2 is 1.83 bits per heavy atom. The van der Waals surface area contributed by atoms with Gasteiger partial charge in [0.05, 0.1) is 24.3 Å². The van der Waals surface area contributed by atoms with Gasteiger partial charge in [-0.05, 0) is 29.8 Å². The largest absolute Gasteiger partial charge is 0.486 e. The van der Waals surface area contributed by atoms with Gasteiger partial charge < -0.3 is 19.5 Å². The summed E-state index contributed by atoms with van der Waals surface area (Å²) in [7, 11) is 0. The fourth-order valence-electron chi connectivity index (χ4n) is 3.84. The lowest BCUT2D eigenvalue weighted by Gasteiger charge is -2.27. The number of hydrogen-bond donors (Lipinski definition) is 1. The Bertz CT molecular complexity index is 1370. The van der Waals surface area contributed by atoms with Crippen molar-refractivity contribution in [3.63, 3.8) is 0 Å². The van der Waals surface area contributed by atoms with E-state index in [1.807, 2.05) is 30.3 Å². The highest BCUT2D eigenvalue weighted by Gasteiger charge is 2.34. The monoisotopic (exact) mass is 499 g/mol. The second-order valence-electron chi connectivity index (χ2n) is 8.23. The molecule has 0 radical (unpaired) electrons. The van der Waals surface area contributed by atoms with E-state index in [2.05, 4.69) is 15.3 Å². The summed E-state index contributed by atoms with van der Waals surface area (Å²) in [5, 5.41) is 3.34. The van der Waals surface area contributed by atoms with Crippen molar-refractivity contribution in [2.75, 3.05) is 18.5 Å². The third-order valence-corrected chi connectivity index (χ3v) is 5.65. The summed E-state index contributed by atoms with van der Waals surface area (Å²) in [4.78, 5) is 8.38. The van der Waals surface area contributed by atoms with Gasteiger partial charge in [0.1, 0.15) is 30.7 Å². The maximum atomic E-state index is 13.7. The molecule has 4 aromatic rings. The summed E-state index contributed by atoms with van der Waals surface area (Å²) in [5.74, 6) is -0.122. The molecule has 0 fully saturated rings. The van der Waals surface area contributed by atoms with Gasteiger partial charge in [0.15, 0.2) is 11.5 Å². The smallest absolute Gasteiger partial charge is 0.419 e. The topological polar surface area (TPSA) is 65.5 Å². The molecule has 1 N–H and O–H groups in total. The zero-order chi connectivity index (χ0) is 25.1. The molecule has 1 aromatic heterocycles. The van der Waals surface area contributed by atoms with Crippen molar-refractivity contribution in [1.29, 1.82) is 0 Å². The molecule has 36 heavy (non-hydrogen) atoms. The lowest BCUT2D eigenvalue weighted by Crippen LogP contribution is -2.30. The molecule has 1 aliphatic heterocycles. The Labute approximate surface area is 203 Å². The van der Waals surface area contributed by atoms with Crippen LogP contribution in [0.2, 0.25) is 0 Å². The van der Waals surface area contributed by atoms with Crippen molar-refractivity contribution in [2.45, 2.75) is 25.3 Å². The molecule has 0 aliphatic carbocycles. The van der Waals surface area contributed by atoms with E-state index >= 15 is 0 Å². The molecule has 0 amide bonds. The van der Waals surface area contributed by atoms with Crippen LogP contribution in [0.15, 0.2) is 67.0 Å². The standard InChI is InChI=1S/C26H21F4N3O3/c27-21-7-6-17(10-20(21)26(28,29)30)33-25-19-11-24-23(12-22(19)31-15-32-25)35-14-18(36-24)8-9-34-13-16-4-2-1-3-5-16/h1-7,10-12,15,18H,8-9,13-14H2,(H,31,32,33). The van der Waals surface area contributed by atoms with Crippen LogP contribution in [0, 0.1) is 5.82 Å². The summed E-state index contributed by atoms with van der Waals surface area (Å²) >= 11 is 0. The molecule has 0 saturated heterocycles. The van der Waals surface area contributed by atoms with Crippen LogP contribution in [0.5, 0.6) is 11.5 Å². The average molecular weight is 499 g/mol. The third-order valence-electron chi connectivity index (χ3n) is 5.65. The summed E-state index contributed by atoms with van der Waals surface area (Å²) in [5.41, 5.74) is 0.265. The predicted octanol–water partition coefficient (Wildman–Crippen LogP) is 6.28. The molecule has 2 heterocycles. The van der Waals surface area contributed by atoms with E-state index in [-0.39, 0.29) is 17.6 Å². The lowest BCUT2D eigenvalue weighted by atomic mass is 10.1. The fraction of sp³-hybridized carbons (Fsp3) is 0.231. The van der Waals surface area contributed by atoms with Crippen LogP contribution >= 0.6 is 0 Å². The Hall–Kier alpha value is -3.92. The van der Waals surface area contributed by atoms with Gasteiger partial charge in [-0.3, -0.25) is 0 Å². The SMILES string of the molecule is Fc1ccc(Nc2ncnc3cc4c(cc23)OC(CCOCc2ccccc2)CO4)cc1C(F)(F)F. The number of ether oxygens (including phenoxy) is 3. The molecule has 0 saturated carbocycles. The molecule has 186 valence electrons. The molecular weight excluding hydrogens is 478 g/mol. The highest BCUT2D eigenvalue weighted by Crippen LogP contribution is 2.39. The average Bonchev–Trinajstić information content (AvgIpc) is 2.87. The fourth-order valence-corrected chi connectivity index (χ4v) is 3.84. The number of fused-ring (bicyclic) bond motifs is 2. The Balaban J connectivity index is 1.30. The molecule has 1 atom stereocenters. The second kappa shape index (κ2) is 9.98. The van der Waals surface area contributed by atoms with E-state index in [0.717, 1.165) is 11.6 Å². The van der Waals surface area contributed by atoms with Crippen molar-refractivity contribution in [2.24, 2.45) is 0 Å². The molecule has 0 bridgehead atoms. The first-order valence-corrected chi connectivity index (χ1v) is 11.2. The summed E-state index contributed by atoms with van der Waals surface area (Å²) in [6.07, 6.45) is -3.17. The molecule has 0 spiro atoms. The first kappa shape index (κ1) is 23.8. The van der Waals surface area contributed by atoms with E-state index in [1.54, 1.807) is 12.1 Å². The van der Waals surface area contributed by atoms with Crippen LogP contribution in [-0.4, -0.2) is 29.3 Å². The van der Waals surface area contributed by atoms with Crippen LogP contribution < -0.4 is 14.8 Å². The van der Waals surface area contributed by atoms with Crippen molar-refractivity contribution in [3.8, 4) is 11.5 Å². The van der Waals surface area contributed by atoms with Gasteiger partial charge in [0.25, 0.3) is 0 Å². The Kier molecular flexibility index (Phi) is 6.60. The van der Waals surface area contributed by atoms with Gasteiger partial charge in [-0.25, -0.2) is 14.4 Å². The van der Waals surface area contributed by atoms with E-state index < -0.39 is 17.6 Å². The zero-order valence-corrected chi connectivity index (χ0v) is 18.9. The maximum absolute atomic E-state index is 13.7. The number of benzene rings is 3. The predicted molar refractivity (Wildman–Crippen MR) is 125 cm³/mol. The Morgan fingerprint density at radius 1 is 1.00 bits per heavy atom. The van der Waals surface area contributed by atoms with Crippen LogP contribution in [-0.2, 0) is 17.5 Å². The number of alkyl halides is 3. The van der Waals surface area contributed by atoms with Gasteiger partial charge >= 0.3 is 6.18 Å². The third kappa shape index (κ3) is 5.33. The zero-order valence-electron chi connectivity index (χ0n) is 18.9. The van der Waals surface area contributed by atoms with Gasteiger partial charge in [-0.1, -0.05) is 30.3 Å². The van der Waals surface area contributed by atoms with Crippen molar-refractivity contribution in [1.82, 2.24) is 9.97 Å². The number of anilines is 2. The normalized spacial score (nSPS) is 15.2. The molecule has 5 rings (SSSR count). The molecule has 1 aliphatic rings. The number of nitrogens with zero attached hydrogens (tertiary/aromatic N) is 2. The summed E-state index contributed by atoms with van der Waals surface area (Å²) < 4.78 is 70.7. The van der Waals surface area contributed by atoms with Crippen molar-refractivity contribution in [3.05, 3.63) is 83.9 Å². The number of halogens is 4. The minimum Gasteiger partial charge on any atom is -0.486 e. The number of aromatic nitrogens is 2. The second-order valence-corrected chi connectivity index (χ2v) is 8.23. The van der Waals surface area contributed by atoms with Crippen LogP contribution in [0.25, 0.3) is 10.9 Å². The van der Waals surface area contributed by atoms with Crippen LogP contribution in [0.1, 0.15) is 17.5 Å². The molecule has 3 aromatic carbocycles. The quantitative estimate of drug-likeness (QED) is 0.239. The molecular formula is C26H21F4N3O3. The Morgan fingerprint density at radius 3 is 2.64 bits per heavy atom. The van der Waals surface area contributed by atoms with E-state index in [9.17, 15) is 17.6 Å². The highest BCUT2D eigenvalue weighted by atomic mass is 19.4. The summed E-state index contributed by atoms with van der Waals surface area (Å²) in [6, 6.07) is 15.9. The first-order chi connectivity index (χ1) is 17.4. The molecule has 1 unspecified atom stereocenters. The molecule has 6 nitrogen and oxygen atoms in total. The van der Waals surface area contributed by atoms with Crippen molar-refractivity contribution >= 4 is 22.4 Å². The van der Waals surface area contributed by atoms with Crippen LogP contribution in [0.4, 0.5) is 29.1 Å². The van der Waals surface area contributed by atoms with E-state index in [4.69, 9.17) is 14.2 Å². The van der Waals surface area contributed by atoms with Gasteiger partial charge in [-0.15, -0.1) is 0 Å². The van der Waals surface area contributed by atoms with E-state index in [0.29, 0.717) is 54.7 Å². The molecule has 10 heteroatoms. The highest BCUT2D eigenvalue weighted by molar-refractivity contribution is 5.93. The van der Waals surface area contributed by atoms with Gasteiger partial charge in [-0.2, -0.15) is 13.2 Å². The minimum atomic E-state index is -4.82. The summed E-state index contributed by atoms with van der Waals surface area (Å²) in [6.45, 7) is 1.33. The van der Waals surface area contributed by atoms with Crippen molar-refractivity contribution < 1.29 is 31.8 Å². The number of hydrogen-bond acceptors (Lipinski definition) is 6.